The Morgan fingerprint density at radius 3 is 2.64 bits per heavy atom. The van der Waals surface area contributed by atoms with Gasteiger partial charge in [-0.05, 0) is 12.0 Å². The lowest BCUT2D eigenvalue weighted by Crippen LogP contribution is -1.94. The maximum Gasteiger partial charge on any atom is 0.172 e. The van der Waals surface area contributed by atoms with Crippen molar-refractivity contribution in [3.8, 4) is 12.1 Å². The molecule has 0 N–H and O–H groups in total. The molecule has 2 aliphatic rings. The smallest absolute Gasteiger partial charge is 0.172 e. The fraction of sp³-hybridized carbons (Fsp3) is 0.333. The highest BCUT2D eigenvalue weighted by molar-refractivity contribution is 5.55. The van der Waals surface area contributed by atoms with Gasteiger partial charge in [-0.15, -0.1) is 0 Å². The average molecular weight is 142 g/mol. The van der Waals surface area contributed by atoms with Gasteiger partial charge in [-0.25, -0.2) is 0 Å². The zero-order valence-corrected chi connectivity index (χ0v) is 5.91. The molecule has 0 spiro atoms. The summed E-state index contributed by atoms with van der Waals surface area (Å²) in [5.74, 6) is 0.197. The van der Waals surface area contributed by atoms with Crippen LogP contribution in [0.25, 0.3) is 0 Å². The van der Waals surface area contributed by atoms with Gasteiger partial charge in [0.15, 0.2) is 5.41 Å². The van der Waals surface area contributed by atoms with E-state index in [9.17, 15) is 0 Å². The first-order valence-corrected chi connectivity index (χ1v) is 3.55. The van der Waals surface area contributed by atoms with Crippen molar-refractivity contribution in [1.29, 1.82) is 10.5 Å². The van der Waals surface area contributed by atoms with Crippen LogP contribution >= 0.6 is 0 Å². The quantitative estimate of drug-likeness (QED) is 0.515. The van der Waals surface area contributed by atoms with Gasteiger partial charge in [0.2, 0.25) is 0 Å². The molecule has 1 saturated carbocycles. The molecule has 2 aliphatic carbocycles. The van der Waals surface area contributed by atoms with Crippen molar-refractivity contribution < 1.29 is 0 Å². The summed E-state index contributed by atoms with van der Waals surface area (Å²) in [6, 6.07) is 4.15. The van der Waals surface area contributed by atoms with Crippen LogP contribution in [0.2, 0.25) is 0 Å². The molecule has 11 heavy (non-hydrogen) atoms. The normalized spacial score (nSPS) is 29.3. The molecule has 0 aromatic carbocycles. The lowest BCUT2D eigenvalue weighted by Gasteiger charge is -1.90. The third-order valence-corrected chi connectivity index (χ3v) is 2.41. The largest absolute Gasteiger partial charge is 0.196 e. The molecule has 0 aromatic heterocycles. The van der Waals surface area contributed by atoms with Crippen molar-refractivity contribution in [2.24, 2.45) is 11.3 Å². The van der Waals surface area contributed by atoms with Gasteiger partial charge in [-0.1, -0.05) is 18.2 Å². The predicted octanol–water partition coefficient (Wildman–Crippen LogP) is 1.54. The molecular formula is C9H6N2. The fourth-order valence-electron chi connectivity index (χ4n) is 1.66. The first kappa shape index (κ1) is 6.19. The summed E-state index contributed by atoms with van der Waals surface area (Å²) in [7, 11) is 0. The third kappa shape index (κ3) is 0.545. The van der Waals surface area contributed by atoms with Crippen molar-refractivity contribution in [3.05, 3.63) is 23.8 Å². The van der Waals surface area contributed by atoms with Gasteiger partial charge >= 0.3 is 0 Å². The minimum Gasteiger partial charge on any atom is -0.196 e. The maximum absolute atomic E-state index is 8.75. The van der Waals surface area contributed by atoms with Gasteiger partial charge in [0.25, 0.3) is 0 Å². The van der Waals surface area contributed by atoms with Crippen molar-refractivity contribution in [2.45, 2.75) is 6.42 Å². The second-order valence-corrected chi connectivity index (χ2v) is 2.87. The topological polar surface area (TPSA) is 47.6 Å². The maximum atomic E-state index is 8.75. The van der Waals surface area contributed by atoms with Crippen LogP contribution in [0.5, 0.6) is 0 Å². The Morgan fingerprint density at radius 2 is 2.18 bits per heavy atom. The van der Waals surface area contributed by atoms with E-state index in [-0.39, 0.29) is 5.92 Å². The van der Waals surface area contributed by atoms with E-state index in [4.69, 9.17) is 10.5 Å². The summed E-state index contributed by atoms with van der Waals surface area (Å²) < 4.78 is 0. The summed E-state index contributed by atoms with van der Waals surface area (Å²) in [4.78, 5) is 0. The zero-order valence-electron chi connectivity index (χ0n) is 5.91. The standard InChI is InChI=1S/C9H6N2/c10-5-9(6-11)7-3-1-2-4-8(7)9/h1-3,8H,4H2. The van der Waals surface area contributed by atoms with E-state index in [2.05, 4.69) is 12.1 Å². The van der Waals surface area contributed by atoms with E-state index in [0.29, 0.717) is 0 Å². The second-order valence-electron chi connectivity index (χ2n) is 2.87. The molecule has 0 amide bonds. The first-order valence-electron chi connectivity index (χ1n) is 3.55. The number of nitrogens with zero attached hydrogens (tertiary/aromatic N) is 2. The Bertz CT molecular complexity index is 322. The van der Waals surface area contributed by atoms with Crippen LogP contribution in [0.1, 0.15) is 6.42 Å². The van der Waals surface area contributed by atoms with Gasteiger partial charge in [0.1, 0.15) is 0 Å². The van der Waals surface area contributed by atoms with E-state index in [0.717, 1.165) is 12.0 Å². The van der Waals surface area contributed by atoms with Crippen molar-refractivity contribution in [2.75, 3.05) is 0 Å². The zero-order chi connectivity index (χ0) is 7.90. The van der Waals surface area contributed by atoms with Crippen molar-refractivity contribution >= 4 is 0 Å². The molecule has 0 bridgehead atoms. The van der Waals surface area contributed by atoms with Crippen LogP contribution in [0.3, 0.4) is 0 Å². The van der Waals surface area contributed by atoms with Gasteiger partial charge in [-0.3, -0.25) is 0 Å². The number of hydrogen-bond donors (Lipinski definition) is 0. The van der Waals surface area contributed by atoms with Crippen LogP contribution in [-0.2, 0) is 0 Å². The number of hydrogen-bond acceptors (Lipinski definition) is 2. The molecule has 52 valence electrons. The van der Waals surface area contributed by atoms with Crippen molar-refractivity contribution in [1.82, 2.24) is 0 Å². The summed E-state index contributed by atoms with van der Waals surface area (Å²) in [5.41, 5.74) is 0.244. The van der Waals surface area contributed by atoms with Crippen molar-refractivity contribution in [3.63, 3.8) is 0 Å². The van der Waals surface area contributed by atoms with Crippen LogP contribution in [-0.4, -0.2) is 0 Å². The first-order chi connectivity index (χ1) is 5.35. The molecule has 1 unspecified atom stereocenters. The van der Waals surface area contributed by atoms with Crippen LogP contribution < -0.4 is 0 Å². The molecule has 2 rings (SSSR count). The summed E-state index contributed by atoms with van der Waals surface area (Å²) >= 11 is 0. The number of fused-ring (bicyclic) bond motifs is 1. The molecule has 2 nitrogen and oxygen atoms in total. The number of rotatable bonds is 0. The van der Waals surface area contributed by atoms with E-state index in [1.807, 2.05) is 18.2 Å². The Kier molecular flexibility index (Phi) is 0.978. The Balaban J connectivity index is 2.41. The molecule has 1 fully saturated rings. The monoisotopic (exact) mass is 142 g/mol. The highest BCUT2D eigenvalue weighted by Crippen LogP contribution is 2.60. The second kappa shape index (κ2) is 1.74. The van der Waals surface area contributed by atoms with Crippen LogP contribution in [0.15, 0.2) is 23.8 Å². The fourth-order valence-corrected chi connectivity index (χ4v) is 1.66. The van der Waals surface area contributed by atoms with E-state index in [1.165, 1.54) is 0 Å². The molecule has 0 radical (unpaired) electrons. The van der Waals surface area contributed by atoms with E-state index < -0.39 is 5.41 Å². The number of allylic oxidation sites excluding steroid dienone is 4. The number of nitriles is 2. The molecule has 0 saturated heterocycles. The SMILES string of the molecule is N#CC1(C#N)C2=CC=CCC21. The third-order valence-electron chi connectivity index (χ3n) is 2.41. The van der Waals surface area contributed by atoms with E-state index in [1.54, 1.807) is 0 Å². The minimum atomic E-state index is -0.760. The summed E-state index contributed by atoms with van der Waals surface area (Å²) in [6.07, 6.45) is 6.67. The molecule has 2 heteroatoms. The Morgan fingerprint density at radius 1 is 1.45 bits per heavy atom. The van der Waals surface area contributed by atoms with E-state index >= 15 is 0 Å². The Hall–Kier alpha value is -1.54. The molecule has 0 heterocycles. The van der Waals surface area contributed by atoms with Gasteiger partial charge in [0.05, 0.1) is 12.1 Å². The molecule has 0 aliphatic heterocycles. The summed E-state index contributed by atoms with van der Waals surface area (Å²) in [6.45, 7) is 0. The average Bonchev–Trinajstić information content (AvgIpc) is 2.74. The Labute approximate surface area is 65.1 Å². The lowest BCUT2D eigenvalue weighted by atomic mass is 10.1. The molecule has 1 atom stereocenters. The predicted molar refractivity (Wildman–Crippen MR) is 39.0 cm³/mol. The van der Waals surface area contributed by atoms with Gasteiger partial charge < -0.3 is 0 Å². The highest BCUT2D eigenvalue weighted by Gasteiger charge is 2.61. The van der Waals surface area contributed by atoms with Crippen LogP contribution in [0.4, 0.5) is 0 Å². The highest BCUT2D eigenvalue weighted by atomic mass is 14.6. The van der Waals surface area contributed by atoms with Gasteiger partial charge in [0, 0.05) is 5.92 Å². The van der Waals surface area contributed by atoms with Crippen LogP contribution in [0, 0.1) is 34.0 Å². The minimum absolute atomic E-state index is 0.197. The molecular weight excluding hydrogens is 136 g/mol. The summed E-state index contributed by atoms with van der Waals surface area (Å²) in [5, 5.41) is 17.5. The molecule has 0 aromatic rings. The van der Waals surface area contributed by atoms with Gasteiger partial charge in [-0.2, -0.15) is 10.5 Å². The lowest BCUT2D eigenvalue weighted by molar-refractivity contribution is 0.722.